The fourth-order valence-electron chi connectivity index (χ4n) is 2.28. The minimum absolute atomic E-state index is 0.283. The molecule has 0 unspecified atom stereocenters. The Labute approximate surface area is 110 Å². The lowest BCUT2D eigenvalue weighted by Gasteiger charge is -2.10. The first-order chi connectivity index (χ1) is 9.06. The standard InChI is InChI=1S/C15H14FN3/c1-9-3-6-12-14(7-9)19(15(17)18-12)13-8-11(16)5-4-10(13)2/h3-8H,1-2H3,(H2,17,18). The normalized spacial score (nSPS) is 11.1. The van der Waals surface area contributed by atoms with Gasteiger partial charge < -0.3 is 5.73 Å². The van der Waals surface area contributed by atoms with E-state index in [0.717, 1.165) is 27.8 Å². The molecule has 4 heteroatoms. The summed E-state index contributed by atoms with van der Waals surface area (Å²) in [6.07, 6.45) is 0. The minimum Gasteiger partial charge on any atom is -0.369 e. The second kappa shape index (κ2) is 4.09. The molecule has 0 aliphatic rings. The zero-order valence-corrected chi connectivity index (χ0v) is 10.8. The van der Waals surface area contributed by atoms with E-state index in [1.54, 1.807) is 10.6 Å². The Morgan fingerprint density at radius 1 is 1.11 bits per heavy atom. The first-order valence-electron chi connectivity index (χ1n) is 6.07. The molecule has 0 aliphatic carbocycles. The van der Waals surface area contributed by atoms with E-state index >= 15 is 0 Å². The summed E-state index contributed by atoms with van der Waals surface area (Å²) in [7, 11) is 0. The number of halogens is 1. The van der Waals surface area contributed by atoms with Gasteiger partial charge >= 0.3 is 0 Å². The number of hydrogen-bond donors (Lipinski definition) is 1. The van der Waals surface area contributed by atoms with Crippen LogP contribution in [0.15, 0.2) is 36.4 Å². The highest BCUT2D eigenvalue weighted by atomic mass is 19.1. The second-order valence-electron chi connectivity index (χ2n) is 4.73. The summed E-state index contributed by atoms with van der Waals surface area (Å²) in [4.78, 5) is 4.32. The molecule has 0 saturated carbocycles. The van der Waals surface area contributed by atoms with Crippen LogP contribution in [0.4, 0.5) is 10.3 Å². The third-order valence-corrected chi connectivity index (χ3v) is 3.25. The lowest BCUT2D eigenvalue weighted by molar-refractivity contribution is 0.626. The molecule has 0 saturated heterocycles. The quantitative estimate of drug-likeness (QED) is 0.724. The Hall–Kier alpha value is -2.36. The van der Waals surface area contributed by atoms with Gasteiger partial charge in [-0.05, 0) is 49.2 Å². The van der Waals surface area contributed by atoms with Crippen LogP contribution in [0, 0.1) is 19.7 Å². The second-order valence-corrected chi connectivity index (χ2v) is 4.73. The number of imidazole rings is 1. The molecule has 0 aliphatic heterocycles. The molecule has 1 heterocycles. The zero-order chi connectivity index (χ0) is 13.6. The van der Waals surface area contributed by atoms with Gasteiger partial charge in [-0.1, -0.05) is 12.1 Å². The van der Waals surface area contributed by atoms with Crippen molar-refractivity contribution < 1.29 is 4.39 Å². The molecule has 3 nitrogen and oxygen atoms in total. The predicted octanol–water partition coefficient (Wildman–Crippen LogP) is 3.36. The van der Waals surface area contributed by atoms with E-state index in [1.165, 1.54) is 12.1 Å². The fourth-order valence-corrected chi connectivity index (χ4v) is 2.28. The fraction of sp³-hybridized carbons (Fsp3) is 0.133. The average Bonchev–Trinajstić information content (AvgIpc) is 2.68. The van der Waals surface area contributed by atoms with Gasteiger partial charge in [0, 0.05) is 0 Å². The maximum Gasteiger partial charge on any atom is 0.205 e. The Balaban J connectivity index is 2.38. The van der Waals surface area contributed by atoms with Crippen molar-refractivity contribution in [2.45, 2.75) is 13.8 Å². The van der Waals surface area contributed by atoms with E-state index in [4.69, 9.17) is 5.73 Å². The topological polar surface area (TPSA) is 43.8 Å². The van der Waals surface area contributed by atoms with Gasteiger partial charge in [-0.3, -0.25) is 4.57 Å². The molecule has 0 spiro atoms. The van der Waals surface area contributed by atoms with Gasteiger partial charge in [-0.15, -0.1) is 0 Å². The summed E-state index contributed by atoms with van der Waals surface area (Å²) in [6.45, 7) is 3.93. The van der Waals surface area contributed by atoms with Crippen molar-refractivity contribution in [3.8, 4) is 5.69 Å². The maximum absolute atomic E-state index is 13.5. The van der Waals surface area contributed by atoms with Crippen LogP contribution in [-0.2, 0) is 0 Å². The number of aryl methyl sites for hydroxylation is 2. The van der Waals surface area contributed by atoms with Crippen LogP contribution in [0.25, 0.3) is 16.7 Å². The van der Waals surface area contributed by atoms with Crippen LogP contribution in [0.3, 0.4) is 0 Å². The summed E-state index contributed by atoms with van der Waals surface area (Å²) in [5.74, 6) is 0.0869. The average molecular weight is 255 g/mol. The number of rotatable bonds is 1. The summed E-state index contributed by atoms with van der Waals surface area (Å²) in [6, 6.07) is 10.6. The number of nitrogen functional groups attached to an aromatic ring is 1. The smallest absolute Gasteiger partial charge is 0.205 e. The lowest BCUT2D eigenvalue weighted by Crippen LogP contribution is -2.03. The third kappa shape index (κ3) is 1.85. The maximum atomic E-state index is 13.5. The Morgan fingerprint density at radius 3 is 2.68 bits per heavy atom. The van der Waals surface area contributed by atoms with Gasteiger partial charge in [0.1, 0.15) is 5.82 Å². The third-order valence-electron chi connectivity index (χ3n) is 3.25. The largest absolute Gasteiger partial charge is 0.369 e. The van der Waals surface area contributed by atoms with Gasteiger partial charge in [-0.25, -0.2) is 9.37 Å². The highest BCUT2D eigenvalue weighted by Crippen LogP contribution is 2.26. The van der Waals surface area contributed by atoms with E-state index in [-0.39, 0.29) is 5.82 Å². The Kier molecular flexibility index (Phi) is 2.52. The summed E-state index contributed by atoms with van der Waals surface area (Å²) in [5, 5.41) is 0. The lowest BCUT2D eigenvalue weighted by atomic mass is 10.1. The molecule has 0 radical (unpaired) electrons. The molecule has 3 aromatic rings. The monoisotopic (exact) mass is 255 g/mol. The molecule has 0 bridgehead atoms. The highest BCUT2D eigenvalue weighted by Gasteiger charge is 2.12. The molecule has 1 aromatic heterocycles. The van der Waals surface area contributed by atoms with E-state index in [0.29, 0.717) is 5.95 Å². The van der Waals surface area contributed by atoms with Crippen LogP contribution in [0.5, 0.6) is 0 Å². The zero-order valence-electron chi connectivity index (χ0n) is 10.8. The Morgan fingerprint density at radius 2 is 1.89 bits per heavy atom. The van der Waals surface area contributed by atoms with Gasteiger partial charge in [0.05, 0.1) is 16.7 Å². The molecule has 2 N–H and O–H groups in total. The number of nitrogens with zero attached hydrogens (tertiary/aromatic N) is 2. The van der Waals surface area contributed by atoms with E-state index in [2.05, 4.69) is 4.98 Å². The first kappa shape index (κ1) is 11.7. The van der Waals surface area contributed by atoms with Crippen molar-refractivity contribution in [1.82, 2.24) is 9.55 Å². The molecular formula is C15H14FN3. The Bertz CT molecular complexity index is 774. The van der Waals surface area contributed by atoms with Crippen LogP contribution in [0.1, 0.15) is 11.1 Å². The van der Waals surface area contributed by atoms with Crippen molar-refractivity contribution >= 4 is 17.0 Å². The predicted molar refractivity (Wildman–Crippen MR) is 74.9 cm³/mol. The minimum atomic E-state index is -0.283. The van der Waals surface area contributed by atoms with Gasteiger partial charge in [0.15, 0.2) is 0 Å². The molecular weight excluding hydrogens is 241 g/mol. The number of fused-ring (bicyclic) bond motifs is 1. The van der Waals surface area contributed by atoms with Gasteiger partial charge in [0.25, 0.3) is 0 Å². The van der Waals surface area contributed by atoms with Crippen molar-refractivity contribution in [3.05, 3.63) is 53.3 Å². The van der Waals surface area contributed by atoms with Crippen molar-refractivity contribution in [3.63, 3.8) is 0 Å². The SMILES string of the molecule is Cc1ccc2nc(N)n(-c3cc(F)ccc3C)c2c1. The molecule has 0 amide bonds. The van der Waals surface area contributed by atoms with Crippen LogP contribution in [0.2, 0.25) is 0 Å². The van der Waals surface area contributed by atoms with Crippen LogP contribution >= 0.6 is 0 Å². The summed E-state index contributed by atoms with van der Waals surface area (Å²) < 4.78 is 15.3. The van der Waals surface area contributed by atoms with Crippen molar-refractivity contribution in [2.75, 3.05) is 5.73 Å². The number of hydrogen-bond acceptors (Lipinski definition) is 2. The number of benzene rings is 2. The van der Waals surface area contributed by atoms with Crippen LogP contribution in [-0.4, -0.2) is 9.55 Å². The molecule has 0 fully saturated rings. The van der Waals surface area contributed by atoms with E-state index in [9.17, 15) is 4.39 Å². The van der Waals surface area contributed by atoms with Crippen molar-refractivity contribution in [1.29, 1.82) is 0 Å². The molecule has 96 valence electrons. The highest BCUT2D eigenvalue weighted by molar-refractivity contribution is 5.81. The van der Waals surface area contributed by atoms with Gasteiger partial charge in [0.2, 0.25) is 5.95 Å². The summed E-state index contributed by atoms with van der Waals surface area (Å²) >= 11 is 0. The van der Waals surface area contributed by atoms with Gasteiger partial charge in [-0.2, -0.15) is 0 Å². The van der Waals surface area contributed by atoms with Crippen molar-refractivity contribution in [2.24, 2.45) is 0 Å². The van der Waals surface area contributed by atoms with E-state index < -0.39 is 0 Å². The van der Waals surface area contributed by atoms with Crippen LogP contribution < -0.4 is 5.73 Å². The molecule has 2 aromatic carbocycles. The number of anilines is 1. The van der Waals surface area contributed by atoms with E-state index in [1.807, 2.05) is 32.0 Å². The molecule has 3 rings (SSSR count). The molecule has 0 atom stereocenters. The number of nitrogens with two attached hydrogens (primary N) is 1. The summed E-state index contributed by atoms with van der Waals surface area (Å²) in [5.41, 5.74) is 10.5. The number of aromatic nitrogens is 2. The molecule has 19 heavy (non-hydrogen) atoms. The first-order valence-corrected chi connectivity index (χ1v) is 6.07.